The zero-order chi connectivity index (χ0) is 11.6. The number of hydrogen-bond donors (Lipinski definition) is 1. The highest BCUT2D eigenvalue weighted by atomic mass is 35.5. The Hall–Kier alpha value is 0.200. The summed E-state index contributed by atoms with van der Waals surface area (Å²) in [5.41, 5.74) is 0. The van der Waals surface area contributed by atoms with Crippen LogP contribution in [0.4, 0.5) is 0 Å². The average Bonchev–Trinajstić information content (AvgIpc) is 2.14. The van der Waals surface area contributed by atoms with Gasteiger partial charge in [0.15, 0.2) is 0 Å². The summed E-state index contributed by atoms with van der Waals surface area (Å²) in [6.07, 6.45) is 10.2. The highest BCUT2D eigenvalue weighted by Crippen LogP contribution is 2.09. The van der Waals surface area contributed by atoms with Crippen molar-refractivity contribution in [2.45, 2.75) is 64.7 Å². The van der Waals surface area contributed by atoms with Gasteiger partial charge in [0.05, 0.1) is 5.75 Å². The SMILES string of the molecule is CCCCCCCCCCCS(=O)(=O)O.Cl. The van der Waals surface area contributed by atoms with Crippen LogP contribution in [-0.2, 0) is 10.1 Å². The molecule has 0 aliphatic rings. The molecular weight excluding hydrogens is 248 g/mol. The second-order valence-electron chi connectivity index (χ2n) is 4.11. The predicted octanol–water partition coefficient (Wildman–Crippen LogP) is 3.83. The number of rotatable bonds is 10. The van der Waals surface area contributed by atoms with Crippen LogP contribution in [0.2, 0.25) is 0 Å². The maximum Gasteiger partial charge on any atom is 0.264 e. The van der Waals surface area contributed by atoms with Crippen LogP contribution < -0.4 is 0 Å². The Morgan fingerprint density at radius 3 is 1.56 bits per heavy atom. The van der Waals surface area contributed by atoms with Gasteiger partial charge in [0, 0.05) is 0 Å². The molecule has 0 rings (SSSR count). The maximum atomic E-state index is 10.4. The fraction of sp³-hybridized carbons (Fsp3) is 1.00. The molecule has 0 atom stereocenters. The van der Waals surface area contributed by atoms with Crippen molar-refractivity contribution in [3.8, 4) is 0 Å². The van der Waals surface area contributed by atoms with Crippen molar-refractivity contribution in [2.75, 3.05) is 5.75 Å². The molecule has 0 fully saturated rings. The zero-order valence-corrected chi connectivity index (χ0v) is 11.8. The summed E-state index contributed by atoms with van der Waals surface area (Å²) >= 11 is 0. The Kier molecular flexibility index (Phi) is 13.5. The Morgan fingerprint density at radius 1 is 0.812 bits per heavy atom. The first kappa shape index (κ1) is 18.6. The van der Waals surface area contributed by atoms with E-state index in [0.29, 0.717) is 6.42 Å². The summed E-state index contributed by atoms with van der Waals surface area (Å²) < 4.78 is 29.3. The molecule has 16 heavy (non-hydrogen) atoms. The molecular formula is C11H25ClO3S. The van der Waals surface area contributed by atoms with Gasteiger partial charge >= 0.3 is 0 Å². The van der Waals surface area contributed by atoms with E-state index >= 15 is 0 Å². The molecule has 0 saturated carbocycles. The summed E-state index contributed by atoms with van der Waals surface area (Å²) in [7, 11) is -3.73. The third kappa shape index (κ3) is 16.6. The van der Waals surface area contributed by atoms with E-state index in [0.717, 1.165) is 12.8 Å². The average molecular weight is 273 g/mol. The van der Waals surface area contributed by atoms with Crippen molar-refractivity contribution in [3.05, 3.63) is 0 Å². The molecule has 0 bridgehead atoms. The molecule has 100 valence electrons. The van der Waals surface area contributed by atoms with E-state index in [4.69, 9.17) is 4.55 Å². The molecule has 0 heterocycles. The normalized spacial score (nSPS) is 11.1. The molecule has 0 spiro atoms. The van der Waals surface area contributed by atoms with Crippen molar-refractivity contribution in [1.29, 1.82) is 0 Å². The maximum absolute atomic E-state index is 10.4. The molecule has 0 saturated heterocycles. The molecule has 0 aromatic heterocycles. The number of hydrogen-bond acceptors (Lipinski definition) is 2. The van der Waals surface area contributed by atoms with E-state index in [1.807, 2.05) is 0 Å². The Labute approximate surface area is 106 Å². The minimum absolute atomic E-state index is 0. The fourth-order valence-corrected chi connectivity index (χ4v) is 2.16. The topological polar surface area (TPSA) is 54.4 Å². The Balaban J connectivity index is 0. The lowest BCUT2D eigenvalue weighted by Gasteiger charge is -2.00. The van der Waals surface area contributed by atoms with Crippen LogP contribution in [0.15, 0.2) is 0 Å². The van der Waals surface area contributed by atoms with Gasteiger partial charge in [-0.15, -0.1) is 12.4 Å². The summed E-state index contributed by atoms with van der Waals surface area (Å²) in [6.45, 7) is 2.20. The molecule has 0 aliphatic heterocycles. The van der Waals surface area contributed by atoms with Gasteiger partial charge in [-0.05, 0) is 6.42 Å². The van der Waals surface area contributed by atoms with Crippen LogP contribution in [0.5, 0.6) is 0 Å². The third-order valence-electron chi connectivity index (χ3n) is 2.51. The van der Waals surface area contributed by atoms with Crippen LogP contribution in [0.1, 0.15) is 64.7 Å². The van der Waals surface area contributed by atoms with Gasteiger partial charge in [-0.1, -0.05) is 58.3 Å². The monoisotopic (exact) mass is 272 g/mol. The first-order chi connectivity index (χ1) is 7.06. The first-order valence-electron chi connectivity index (χ1n) is 6.01. The quantitative estimate of drug-likeness (QED) is 0.486. The van der Waals surface area contributed by atoms with Crippen molar-refractivity contribution < 1.29 is 13.0 Å². The second-order valence-corrected chi connectivity index (χ2v) is 5.69. The van der Waals surface area contributed by atoms with Gasteiger partial charge in [-0.3, -0.25) is 4.55 Å². The van der Waals surface area contributed by atoms with Gasteiger partial charge in [-0.25, -0.2) is 0 Å². The van der Waals surface area contributed by atoms with Crippen LogP contribution in [0, 0.1) is 0 Å². The van der Waals surface area contributed by atoms with E-state index in [2.05, 4.69) is 6.92 Å². The van der Waals surface area contributed by atoms with Crippen molar-refractivity contribution in [2.24, 2.45) is 0 Å². The molecule has 0 aromatic rings. The minimum atomic E-state index is -3.73. The molecule has 0 aromatic carbocycles. The fourth-order valence-electron chi connectivity index (χ4n) is 1.60. The van der Waals surface area contributed by atoms with Crippen LogP contribution in [-0.4, -0.2) is 18.7 Å². The second kappa shape index (κ2) is 11.7. The highest BCUT2D eigenvalue weighted by molar-refractivity contribution is 7.85. The summed E-state index contributed by atoms with van der Waals surface area (Å²) in [5.74, 6) is -0.0805. The Bertz CT molecular complexity index is 227. The van der Waals surface area contributed by atoms with E-state index < -0.39 is 10.1 Å². The highest BCUT2D eigenvalue weighted by Gasteiger charge is 2.02. The number of unbranched alkanes of at least 4 members (excludes halogenated alkanes) is 8. The van der Waals surface area contributed by atoms with Crippen molar-refractivity contribution >= 4 is 22.5 Å². The van der Waals surface area contributed by atoms with E-state index in [1.54, 1.807) is 0 Å². The van der Waals surface area contributed by atoms with E-state index in [-0.39, 0.29) is 18.2 Å². The van der Waals surface area contributed by atoms with E-state index in [1.165, 1.54) is 38.5 Å². The lowest BCUT2D eigenvalue weighted by molar-refractivity contribution is 0.478. The molecule has 3 nitrogen and oxygen atoms in total. The zero-order valence-electron chi connectivity index (χ0n) is 10.2. The minimum Gasteiger partial charge on any atom is -0.286 e. The molecule has 0 aliphatic carbocycles. The van der Waals surface area contributed by atoms with Crippen LogP contribution >= 0.6 is 12.4 Å². The van der Waals surface area contributed by atoms with Gasteiger partial charge in [0.1, 0.15) is 0 Å². The smallest absolute Gasteiger partial charge is 0.264 e. The lowest BCUT2D eigenvalue weighted by Crippen LogP contribution is -2.03. The van der Waals surface area contributed by atoms with Crippen molar-refractivity contribution in [3.63, 3.8) is 0 Å². The van der Waals surface area contributed by atoms with E-state index in [9.17, 15) is 8.42 Å². The summed E-state index contributed by atoms with van der Waals surface area (Å²) in [6, 6.07) is 0. The first-order valence-corrected chi connectivity index (χ1v) is 7.62. The summed E-state index contributed by atoms with van der Waals surface area (Å²) in [4.78, 5) is 0. The van der Waals surface area contributed by atoms with Crippen LogP contribution in [0.25, 0.3) is 0 Å². The lowest BCUT2D eigenvalue weighted by atomic mass is 10.1. The molecule has 0 radical (unpaired) electrons. The molecule has 1 N–H and O–H groups in total. The largest absolute Gasteiger partial charge is 0.286 e. The van der Waals surface area contributed by atoms with Gasteiger partial charge in [0.25, 0.3) is 10.1 Å². The van der Waals surface area contributed by atoms with Crippen LogP contribution in [0.3, 0.4) is 0 Å². The van der Waals surface area contributed by atoms with Gasteiger partial charge in [0.2, 0.25) is 0 Å². The third-order valence-corrected chi connectivity index (χ3v) is 3.31. The van der Waals surface area contributed by atoms with Gasteiger partial charge < -0.3 is 0 Å². The number of halogens is 1. The predicted molar refractivity (Wildman–Crippen MR) is 70.9 cm³/mol. The van der Waals surface area contributed by atoms with Crippen molar-refractivity contribution in [1.82, 2.24) is 0 Å². The molecule has 0 amide bonds. The standard InChI is InChI=1S/C11H24O3S.ClH/c1-2-3-4-5-6-7-8-9-10-11-15(12,13)14;/h2-11H2,1H3,(H,12,13,14);1H. The van der Waals surface area contributed by atoms with Gasteiger partial charge in [-0.2, -0.15) is 8.42 Å². The molecule has 0 unspecified atom stereocenters. The molecule has 5 heteroatoms. The summed E-state index contributed by atoms with van der Waals surface area (Å²) in [5, 5.41) is 0. The Morgan fingerprint density at radius 2 is 1.19 bits per heavy atom.